The quantitative estimate of drug-likeness (QED) is 0.205. The van der Waals surface area contributed by atoms with Crippen molar-refractivity contribution in [3.05, 3.63) is 186 Å². The molecule has 1 aliphatic heterocycles. The van der Waals surface area contributed by atoms with Crippen molar-refractivity contribution >= 4 is 39.0 Å². The van der Waals surface area contributed by atoms with Crippen LogP contribution in [0, 0.1) is 0 Å². The Bertz CT molecular complexity index is 2430. The fourth-order valence-electron chi connectivity index (χ4n) is 7.89. The molecule has 1 aliphatic carbocycles. The molecule has 1 spiro atoms. The van der Waals surface area contributed by atoms with E-state index >= 15 is 0 Å². The molecule has 10 rings (SSSR count). The zero-order valence-electron chi connectivity index (χ0n) is 24.9. The molecule has 0 fully saturated rings. The first-order chi connectivity index (χ1) is 22.8. The number of fused-ring (bicyclic) bond motifs is 12. The van der Waals surface area contributed by atoms with Gasteiger partial charge in [0.2, 0.25) is 0 Å². The van der Waals surface area contributed by atoms with Gasteiger partial charge in [-0.25, -0.2) is 0 Å². The van der Waals surface area contributed by atoms with Crippen molar-refractivity contribution < 1.29 is 9.15 Å². The molecule has 2 aliphatic rings. The third-order valence-corrected chi connectivity index (χ3v) is 9.73. The summed E-state index contributed by atoms with van der Waals surface area (Å²) in [4.78, 5) is 2.33. The van der Waals surface area contributed by atoms with Crippen LogP contribution in [0.25, 0.3) is 33.1 Å². The summed E-state index contributed by atoms with van der Waals surface area (Å²) in [5, 5.41) is 2.22. The molecular formula is C43H27NO2. The largest absolute Gasteiger partial charge is 0.457 e. The Morgan fingerprint density at radius 3 is 1.87 bits per heavy atom. The van der Waals surface area contributed by atoms with E-state index in [1.807, 2.05) is 12.1 Å². The van der Waals surface area contributed by atoms with Gasteiger partial charge in [0.25, 0.3) is 0 Å². The highest BCUT2D eigenvalue weighted by Crippen LogP contribution is 2.62. The van der Waals surface area contributed by atoms with Crippen molar-refractivity contribution in [1.82, 2.24) is 0 Å². The van der Waals surface area contributed by atoms with Gasteiger partial charge in [-0.3, -0.25) is 0 Å². The fourth-order valence-corrected chi connectivity index (χ4v) is 7.89. The summed E-state index contributed by atoms with van der Waals surface area (Å²) in [7, 11) is 0. The maximum absolute atomic E-state index is 6.60. The Balaban J connectivity index is 1.29. The average molecular weight is 590 g/mol. The normalized spacial score (nSPS) is 13.6. The molecule has 216 valence electrons. The van der Waals surface area contributed by atoms with Crippen molar-refractivity contribution in [3.8, 4) is 22.6 Å². The first-order valence-corrected chi connectivity index (χ1v) is 15.7. The first kappa shape index (κ1) is 25.3. The maximum atomic E-state index is 6.60. The number of anilines is 3. The molecule has 7 aromatic carbocycles. The van der Waals surface area contributed by atoms with Gasteiger partial charge in [0, 0.05) is 33.3 Å². The second-order valence-corrected chi connectivity index (χ2v) is 12.0. The zero-order valence-corrected chi connectivity index (χ0v) is 24.9. The average Bonchev–Trinajstić information content (AvgIpc) is 3.64. The van der Waals surface area contributed by atoms with Gasteiger partial charge in [0.05, 0.1) is 11.1 Å². The highest BCUT2D eigenvalue weighted by atomic mass is 16.5. The standard InChI is InChI=1S/C43H27NO2/c1-2-13-28(14-3-1)44(38-21-12-17-33-32-16-5-9-22-39(32)46-42(33)38)29-25-26-31-30-15-4-6-18-34(30)43(37(31)27-29)35-19-7-10-23-40(35)45-41-24-11-8-20-36(41)43/h1-27H. The molecule has 3 nitrogen and oxygen atoms in total. The Labute approximate surface area is 266 Å². The number of ether oxygens (including phenoxy) is 1. The molecule has 0 saturated heterocycles. The van der Waals surface area contributed by atoms with Crippen LogP contribution in [0.2, 0.25) is 0 Å². The number of hydrogen-bond donors (Lipinski definition) is 0. The summed E-state index contributed by atoms with van der Waals surface area (Å²) in [6.45, 7) is 0. The lowest BCUT2D eigenvalue weighted by atomic mass is 9.66. The van der Waals surface area contributed by atoms with Gasteiger partial charge >= 0.3 is 0 Å². The van der Waals surface area contributed by atoms with Crippen molar-refractivity contribution in [2.24, 2.45) is 0 Å². The van der Waals surface area contributed by atoms with Crippen LogP contribution in [0.3, 0.4) is 0 Å². The lowest BCUT2D eigenvalue weighted by molar-refractivity contribution is 0.436. The summed E-state index contributed by atoms with van der Waals surface area (Å²) in [6, 6.07) is 58.1. The van der Waals surface area contributed by atoms with Crippen LogP contribution in [0.15, 0.2) is 168 Å². The van der Waals surface area contributed by atoms with Gasteiger partial charge in [-0.05, 0) is 70.8 Å². The number of furan rings is 1. The van der Waals surface area contributed by atoms with Gasteiger partial charge in [0.15, 0.2) is 5.58 Å². The summed E-state index contributed by atoms with van der Waals surface area (Å²) >= 11 is 0. The van der Waals surface area contributed by atoms with Gasteiger partial charge in [0.1, 0.15) is 17.1 Å². The van der Waals surface area contributed by atoms with Crippen LogP contribution in [0.1, 0.15) is 22.3 Å². The molecule has 1 aromatic heterocycles. The summed E-state index contributed by atoms with van der Waals surface area (Å²) in [5.74, 6) is 1.78. The SMILES string of the molecule is c1ccc(N(c2ccc3c(c2)C2(c4ccccc4Oc4ccccc42)c2ccccc2-3)c2cccc3c2oc2ccccc23)cc1. The molecule has 0 saturated carbocycles. The molecule has 0 atom stereocenters. The van der Waals surface area contributed by atoms with E-state index < -0.39 is 5.41 Å². The number of rotatable bonds is 3. The van der Waals surface area contributed by atoms with Crippen LogP contribution < -0.4 is 9.64 Å². The highest BCUT2D eigenvalue weighted by molar-refractivity contribution is 6.10. The molecule has 46 heavy (non-hydrogen) atoms. The van der Waals surface area contributed by atoms with Gasteiger partial charge in [-0.2, -0.15) is 0 Å². The van der Waals surface area contributed by atoms with Crippen LogP contribution in [0.5, 0.6) is 11.5 Å². The molecular weight excluding hydrogens is 562 g/mol. The Kier molecular flexibility index (Phi) is 5.20. The number of para-hydroxylation sites is 5. The van der Waals surface area contributed by atoms with E-state index in [0.717, 1.165) is 61.6 Å². The molecule has 8 aromatic rings. The lowest BCUT2D eigenvalue weighted by Crippen LogP contribution is -2.32. The predicted molar refractivity (Wildman–Crippen MR) is 186 cm³/mol. The Morgan fingerprint density at radius 1 is 0.435 bits per heavy atom. The van der Waals surface area contributed by atoms with Crippen LogP contribution in [0.4, 0.5) is 17.1 Å². The van der Waals surface area contributed by atoms with E-state index in [4.69, 9.17) is 9.15 Å². The van der Waals surface area contributed by atoms with E-state index in [2.05, 4.69) is 157 Å². The molecule has 0 N–H and O–H groups in total. The van der Waals surface area contributed by atoms with Crippen molar-refractivity contribution in [2.75, 3.05) is 4.90 Å². The van der Waals surface area contributed by atoms with E-state index in [9.17, 15) is 0 Å². The molecule has 3 heteroatoms. The van der Waals surface area contributed by atoms with E-state index in [1.165, 1.54) is 22.3 Å². The van der Waals surface area contributed by atoms with Gasteiger partial charge < -0.3 is 14.1 Å². The lowest BCUT2D eigenvalue weighted by Gasteiger charge is -2.39. The van der Waals surface area contributed by atoms with Crippen molar-refractivity contribution in [3.63, 3.8) is 0 Å². The molecule has 0 bridgehead atoms. The smallest absolute Gasteiger partial charge is 0.159 e. The van der Waals surface area contributed by atoms with Crippen LogP contribution in [-0.2, 0) is 5.41 Å². The topological polar surface area (TPSA) is 25.6 Å². The van der Waals surface area contributed by atoms with Gasteiger partial charge in [-0.15, -0.1) is 0 Å². The minimum absolute atomic E-state index is 0.541. The maximum Gasteiger partial charge on any atom is 0.159 e. The number of benzene rings is 7. The minimum atomic E-state index is -0.541. The Hall–Kier alpha value is -6.06. The van der Waals surface area contributed by atoms with E-state index in [0.29, 0.717) is 0 Å². The third-order valence-electron chi connectivity index (χ3n) is 9.73. The highest BCUT2D eigenvalue weighted by Gasteiger charge is 2.51. The predicted octanol–water partition coefficient (Wildman–Crippen LogP) is 11.5. The molecule has 0 amide bonds. The number of hydrogen-bond acceptors (Lipinski definition) is 3. The van der Waals surface area contributed by atoms with Gasteiger partial charge in [-0.1, -0.05) is 115 Å². The first-order valence-electron chi connectivity index (χ1n) is 15.7. The summed E-state index contributed by atoms with van der Waals surface area (Å²) in [5.41, 5.74) is 11.7. The summed E-state index contributed by atoms with van der Waals surface area (Å²) in [6.07, 6.45) is 0. The molecule has 2 heterocycles. The monoisotopic (exact) mass is 589 g/mol. The van der Waals surface area contributed by atoms with Crippen LogP contribution in [-0.4, -0.2) is 0 Å². The van der Waals surface area contributed by atoms with Crippen molar-refractivity contribution in [1.29, 1.82) is 0 Å². The Morgan fingerprint density at radius 2 is 1.07 bits per heavy atom. The molecule has 0 unspecified atom stereocenters. The second-order valence-electron chi connectivity index (χ2n) is 12.0. The third kappa shape index (κ3) is 3.32. The second kappa shape index (κ2) is 9.47. The fraction of sp³-hybridized carbons (Fsp3) is 0.0233. The number of nitrogens with zero attached hydrogens (tertiary/aromatic N) is 1. The van der Waals surface area contributed by atoms with E-state index in [-0.39, 0.29) is 0 Å². The molecule has 0 radical (unpaired) electrons. The summed E-state index contributed by atoms with van der Waals surface area (Å²) < 4.78 is 13.2. The van der Waals surface area contributed by atoms with E-state index in [1.54, 1.807) is 0 Å². The minimum Gasteiger partial charge on any atom is -0.457 e. The van der Waals surface area contributed by atoms with Crippen molar-refractivity contribution in [2.45, 2.75) is 5.41 Å². The zero-order chi connectivity index (χ0) is 30.2. The van der Waals surface area contributed by atoms with Crippen LogP contribution >= 0.6 is 0 Å².